The van der Waals surface area contributed by atoms with E-state index in [9.17, 15) is 19.1 Å². The van der Waals surface area contributed by atoms with Crippen molar-refractivity contribution < 1.29 is 14.3 Å². The number of benzene rings is 1. The minimum atomic E-state index is -0.556. The minimum Gasteiger partial charge on any atom is -0.394 e. The second-order valence-electron chi connectivity index (χ2n) is 8.25. The molecule has 1 atom stereocenters. The highest BCUT2D eigenvalue weighted by molar-refractivity contribution is 6.30. The van der Waals surface area contributed by atoms with Gasteiger partial charge in [0.1, 0.15) is 11.6 Å². The molecule has 34 heavy (non-hydrogen) atoms. The van der Waals surface area contributed by atoms with Crippen molar-refractivity contribution in [1.29, 1.82) is 0 Å². The minimum absolute atomic E-state index is 0.105. The highest BCUT2D eigenvalue weighted by Crippen LogP contribution is 2.35. The fourth-order valence-corrected chi connectivity index (χ4v) is 4.19. The number of hydrogen-bond donors (Lipinski definition) is 3. The van der Waals surface area contributed by atoms with Crippen molar-refractivity contribution in [2.75, 3.05) is 30.4 Å². The number of nitrogens with one attached hydrogen (secondary N) is 2. The van der Waals surface area contributed by atoms with E-state index in [1.165, 1.54) is 30.6 Å². The predicted molar refractivity (Wildman–Crippen MR) is 131 cm³/mol. The number of halogens is 2. The van der Waals surface area contributed by atoms with Crippen LogP contribution in [0.15, 0.2) is 47.5 Å². The normalized spacial score (nSPS) is 13.9. The van der Waals surface area contributed by atoms with Gasteiger partial charge in [-0.05, 0) is 43.7 Å². The monoisotopic (exact) mass is 485 g/mol. The average Bonchev–Trinajstić information content (AvgIpc) is 2.82. The average molecular weight is 486 g/mol. The topological polar surface area (TPSA) is 99.5 Å². The van der Waals surface area contributed by atoms with Crippen LogP contribution in [0.2, 0.25) is 5.02 Å². The Bertz CT molecular complexity index is 1300. The second kappa shape index (κ2) is 9.82. The van der Waals surface area contributed by atoms with Gasteiger partial charge in [0.15, 0.2) is 0 Å². The predicted octanol–water partition coefficient (Wildman–Crippen LogP) is 3.40. The molecular formula is C24H25ClFN5O3. The summed E-state index contributed by atoms with van der Waals surface area (Å²) in [5.74, 6) is -0.331. The Labute approximate surface area is 201 Å². The molecule has 1 aromatic carbocycles. The van der Waals surface area contributed by atoms with Gasteiger partial charge in [-0.25, -0.2) is 4.39 Å². The van der Waals surface area contributed by atoms with Gasteiger partial charge in [0.05, 0.1) is 29.1 Å². The summed E-state index contributed by atoms with van der Waals surface area (Å²) in [7, 11) is 1.87. The molecule has 3 aromatic rings. The van der Waals surface area contributed by atoms with Crippen LogP contribution in [0.25, 0.3) is 11.1 Å². The molecule has 1 aliphatic heterocycles. The van der Waals surface area contributed by atoms with Gasteiger partial charge >= 0.3 is 0 Å². The summed E-state index contributed by atoms with van der Waals surface area (Å²) in [6.45, 7) is 2.68. The maximum atomic E-state index is 14.7. The first-order valence-corrected chi connectivity index (χ1v) is 11.2. The largest absolute Gasteiger partial charge is 0.394 e. The second-order valence-corrected chi connectivity index (χ2v) is 8.69. The van der Waals surface area contributed by atoms with Crippen molar-refractivity contribution >= 4 is 34.7 Å². The summed E-state index contributed by atoms with van der Waals surface area (Å²) in [6, 6.07) is 6.88. The van der Waals surface area contributed by atoms with Crippen molar-refractivity contribution in [3.05, 3.63) is 69.5 Å². The lowest BCUT2D eigenvalue weighted by molar-refractivity contribution is 0.0923. The van der Waals surface area contributed by atoms with Gasteiger partial charge in [0.2, 0.25) is 0 Å². The van der Waals surface area contributed by atoms with E-state index in [1.807, 2.05) is 11.9 Å². The number of anilines is 3. The third-order valence-electron chi connectivity index (χ3n) is 5.70. The standard InChI is InChI=1S/C24H25ClFN5O3/c1-14(13-32)28-22(33)18-12-27-7-6-20(18)29-21-11-17(16-10-15(25)4-5-19(16)26)24(34)31-9-3-8-30(2)23(21)31/h4-7,10-12,14,32H,3,8-9,13H2,1-2H3,(H,27,29)(H,28,33)/t14-/m1/s1. The van der Waals surface area contributed by atoms with Crippen LogP contribution in [0.4, 0.5) is 21.6 Å². The van der Waals surface area contributed by atoms with Crippen molar-refractivity contribution in [3.8, 4) is 11.1 Å². The summed E-state index contributed by atoms with van der Waals surface area (Å²) < 4.78 is 16.3. The Morgan fingerprint density at radius 2 is 2.03 bits per heavy atom. The van der Waals surface area contributed by atoms with E-state index < -0.39 is 17.8 Å². The number of amides is 1. The molecule has 1 amide bonds. The zero-order valence-corrected chi connectivity index (χ0v) is 19.6. The van der Waals surface area contributed by atoms with Gasteiger partial charge < -0.3 is 20.6 Å². The first kappa shape index (κ1) is 23.7. The lowest BCUT2D eigenvalue weighted by Gasteiger charge is -2.32. The molecular weight excluding hydrogens is 461 g/mol. The van der Waals surface area contributed by atoms with Crippen molar-refractivity contribution in [1.82, 2.24) is 14.9 Å². The summed E-state index contributed by atoms with van der Waals surface area (Å²) in [4.78, 5) is 32.1. The first-order valence-electron chi connectivity index (χ1n) is 10.9. The molecule has 0 aliphatic carbocycles. The number of aliphatic hydroxyl groups excluding tert-OH is 1. The molecule has 0 saturated carbocycles. The van der Waals surface area contributed by atoms with Crippen LogP contribution in [-0.2, 0) is 6.54 Å². The van der Waals surface area contributed by atoms with Crippen LogP contribution in [0, 0.1) is 5.82 Å². The fraction of sp³-hybridized carbons (Fsp3) is 0.292. The summed E-state index contributed by atoms with van der Waals surface area (Å²) in [5.41, 5.74) is 1.20. The number of rotatable bonds is 6. The van der Waals surface area contributed by atoms with E-state index in [0.717, 1.165) is 13.0 Å². The highest BCUT2D eigenvalue weighted by Gasteiger charge is 2.24. The molecule has 2 aromatic heterocycles. The number of fused-ring (bicyclic) bond motifs is 1. The van der Waals surface area contributed by atoms with E-state index in [1.54, 1.807) is 23.6 Å². The summed E-state index contributed by atoms with van der Waals surface area (Å²) >= 11 is 6.10. The Balaban J connectivity index is 1.86. The Morgan fingerprint density at radius 3 is 2.79 bits per heavy atom. The maximum absolute atomic E-state index is 14.7. The van der Waals surface area contributed by atoms with E-state index in [0.29, 0.717) is 28.8 Å². The number of nitrogens with zero attached hydrogens (tertiary/aromatic N) is 3. The third kappa shape index (κ3) is 4.62. The molecule has 10 heteroatoms. The van der Waals surface area contributed by atoms with Crippen LogP contribution >= 0.6 is 11.6 Å². The van der Waals surface area contributed by atoms with E-state index in [2.05, 4.69) is 15.6 Å². The summed E-state index contributed by atoms with van der Waals surface area (Å²) in [6.07, 6.45) is 3.72. The van der Waals surface area contributed by atoms with Gasteiger partial charge in [0.25, 0.3) is 11.5 Å². The Kier molecular flexibility index (Phi) is 6.85. The molecule has 178 valence electrons. The van der Waals surface area contributed by atoms with Gasteiger partial charge in [-0.1, -0.05) is 11.6 Å². The van der Waals surface area contributed by atoms with E-state index in [-0.39, 0.29) is 28.9 Å². The zero-order valence-electron chi connectivity index (χ0n) is 18.8. The van der Waals surface area contributed by atoms with Crippen molar-refractivity contribution in [2.24, 2.45) is 0 Å². The van der Waals surface area contributed by atoms with Crippen LogP contribution in [-0.4, -0.2) is 46.8 Å². The zero-order chi connectivity index (χ0) is 24.4. The fourth-order valence-electron chi connectivity index (χ4n) is 4.01. The third-order valence-corrected chi connectivity index (χ3v) is 5.94. The first-order chi connectivity index (χ1) is 16.3. The summed E-state index contributed by atoms with van der Waals surface area (Å²) in [5, 5.41) is 15.6. The maximum Gasteiger partial charge on any atom is 0.260 e. The van der Waals surface area contributed by atoms with Crippen LogP contribution in [0.1, 0.15) is 23.7 Å². The van der Waals surface area contributed by atoms with Crippen LogP contribution in [0.3, 0.4) is 0 Å². The molecule has 0 unspecified atom stereocenters. The van der Waals surface area contributed by atoms with Crippen LogP contribution < -0.4 is 21.1 Å². The Hall–Kier alpha value is -3.43. The number of aromatic nitrogens is 2. The molecule has 1 aliphatic rings. The molecule has 3 N–H and O–H groups in total. The quantitative estimate of drug-likeness (QED) is 0.495. The number of hydrogen-bond acceptors (Lipinski definition) is 6. The molecule has 0 saturated heterocycles. The Morgan fingerprint density at radius 1 is 1.24 bits per heavy atom. The van der Waals surface area contributed by atoms with E-state index in [4.69, 9.17) is 11.6 Å². The number of pyridine rings is 2. The number of carbonyl (C=O) groups excluding carboxylic acids is 1. The lowest BCUT2D eigenvalue weighted by Crippen LogP contribution is -2.37. The van der Waals surface area contributed by atoms with Crippen molar-refractivity contribution in [3.63, 3.8) is 0 Å². The molecule has 3 heterocycles. The van der Waals surface area contributed by atoms with Crippen molar-refractivity contribution in [2.45, 2.75) is 25.9 Å². The SMILES string of the molecule is C[C@H](CO)NC(=O)c1cnccc1Nc1cc(-c2cc(Cl)ccc2F)c(=O)n2c1N(C)CCC2. The van der Waals surface area contributed by atoms with Gasteiger partial charge in [-0.15, -0.1) is 0 Å². The lowest BCUT2D eigenvalue weighted by atomic mass is 10.0. The number of carbonyl (C=O) groups is 1. The highest BCUT2D eigenvalue weighted by atomic mass is 35.5. The van der Waals surface area contributed by atoms with Crippen LogP contribution in [0.5, 0.6) is 0 Å². The van der Waals surface area contributed by atoms with Gasteiger partial charge in [-0.2, -0.15) is 0 Å². The smallest absolute Gasteiger partial charge is 0.260 e. The number of aliphatic hydroxyl groups is 1. The molecule has 0 fully saturated rings. The molecule has 0 radical (unpaired) electrons. The van der Waals surface area contributed by atoms with Gasteiger partial charge in [-0.3, -0.25) is 19.1 Å². The molecule has 0 bridgehead atoms. The van der Waals surface area contributed by atoms with E-state index >= 15 is 0 Å². The van der Waals surface area contributed by atoms with Gasteiger partial charge in [0, 0.05) is 49.2 Å². The molecule has 8 nitrogen and oxygen atoms in total. The molecule has 4 rings (SSSR count). The molecule has 0 spiro atoms.